The van der Waals surface area contributed by atoms with Crippen molar-refractivity contribution in [3.63, 3.8) is 0 Å². The molecule has 2 fully saturated rings. The molecule has 0 N–H and O–H groups in total. The van der Waals surface area contributed by atoms with Gasteiger partial charge in [0.25, 0.3) is 0 Å². The Hall–Kier alpha value is -2.32. The van der Waals surface area contributed by atoms with Crippen molar-refractivity contribution in [3.8, 4) is 11.5 Å². The van der Waals surface area contributed by atoms with E-state index in [2.05, 4.69) is 4.90 Å². The average molecular weight is 377 g/mol. The van der Waals surface area contributed by atoms with Gasteiger partial charge in [-0.25, -0.2) is 4.79 Å². The first-order chi connectivity index (χ1) is 13.1. The van der Waals surface area contributed by atoms with Crippen molar-refractivity contribution in [1.82, 2.24) is 14.7 Å². The molecule has 2 aliphatic heterocycles. The fourth-order valence-electron chi connectivity index (χ4n) is 3.36. The number of hydrogen-bond donors (Lipinski definition) is 0. The van der Waals surface area contributed by atoms with E-state index in [4.69, 9.17) is 14.2 Å². The highest BCUT2D eigenvalue weighted by atomic mass is 16.5. The summed E-state index contributed by atoms with van der Waals surface area (Å²) in [5.74, 6) is 1.18. The molecule has 0 spiro atoms. The van der Waals surface area contributed by atoms with Crippen LogP contribution < -0.4 is 9.47 Å². The van der Waals surface area contributed by atoms with Crippen molar-refractivity contribution in [1.29, 1.82) is 0 Å². The number of Topliss-reactive ketones (excluding diaryl/α,β-unsaturated/α-hetero) is 1. The van der Waals surface area contributed by atoms with Crippen LogP contribution in [0.15, 0.2) is 18.2 Å². The Morgan fingerprint density at radius 3 is 2.19 bits per heavy atom. The molecule has 8 nitrogen and oxygen atoms in total. The minimum atomic E-state index is 0.0314. The lowest BCUT2D eigenvalue weighted by atomic mass is 10.1. The summed E-state index contributed by atoms with van der Waals surface area (Å²) in [6, 6.07) is 5.27. The van der Waals surface area contributed by atoms with Crippen LogP contribution in [0.25, 0.3) is 0 Å². The van der Waals surface area contributed by atoms with E-state index in [1.807, 2.05) is 9.80 Å². The van der Waals surface area contributed by atoms with Gasteiger partial charge in [0.1, 0.15) is 0 Å². The predicted octanol–water partition coefficient (Wildman–Crippen LogP) is 0.956. The van der Waals surface area contributed by atoms with Crippen LogP contribution in [-0.4, -0.2) is 99.8 Å². The summed E-state index contributed by atoms with van der Waals surface area (Å²) in [7, 11) is 3.12. The Bertz CT molecular complexity index is 667. The van der Waals surface area contributed by atoms with Crippen LogP contribution in [0, 0.1) is 0 Å². The number of ether oxygens (including phenoxy) is 3. The molecule has 2 amide bonds. The zero-order chi connectivity index (χ0) is 19.2. The highest BCUT2D eigenvalue weighted by Gasteiger charge is 2.27. The van der Waals surface area contributed by atoms with E-state index in [-0.39, 0.29) is 11.8 Å². The van der Waals surface area contributed by atoms with Gasteiger partial charge in [-0.15, -0.1) is 0 Å². The van der Waals surface area contributed by atoms with Gasteiger partial charge in [0.15, 0.2) is 17.3 Å². The second kappa shape index (κ2) is 9.05. The molecule has 1 aromatic carbocycles. The Kier molecular flexibility index (Phi) is 6.52. The lowest BCUT2D eigenvalue weighted by molar-refractivity contribution is 0.0376. The summed E-state index contributed by atoms with van der Waals surface area (Å²) in [5.41, 5.74) is 0.597. The minimum absolute atomic E-state index is 0.0314. The number of urea groups is 1. The van der Waals surface area contributed by atoms with Crippen LogP contribution in [0.5, 0.6) is 11.5 Å². The molecule has 0 bridgehead atoms. The molecular weight excluding hydrogens is 350 g/mol. The fraction of sp³-hybridized carbons (Fsp3) is 0.579. The van der Waals surface area contributed by atoms with E-state index in [9.17, 15) is 9.59 Å². The zero-order valence-electron chi connectivity index (χ0n) is 16.0. The van der Waals surface area contributed by atoms with Gasteiger partial charge < -0.3 is 24.0 Å². The molecule has 0 aliphatic carbocycles. The van der Waals surface area contributed by atoms with E-state index < -0.39 is 0 Å². The van der Waals surface area contributed by atoms with E-state index in [0.29, 0.717) is 76.1 Å². The van der Waals surface area contributed by atoms with E-state index in [1.165, 1.54) is 0 Å². The first kappa shape index (κ1) is 19.4. The maximum absolute atomic E-state index is 12.6. The summed E-state index contributed by atoms with van der Waals surface area (Å²) in [6.07, 6.45) is 0. The summed E-state index contributed by atoms with van der Waals surface area (Å²) in [4.78, 5) is 30.9. The third-order valence-electron chi connectivity index (χ3n) is 5.00. The summed E-state index contributed by atoms with van der Waals surface area (Å²) in [5, 5.41) is 0. The first-order valence-electron chi connectivity index (χ1n) is 9.21. The van der Waals surface area contributed by atoms with Crippen molar-refractivity contribution in [2.24, 2.45) is 0 Å². The molecule has 2 saturated heterocycles. The monoisotopic (exact) mass is 377 g/mol. The van der Waals surface area contributed by atoms with E-state index in [0.717, 1.165) is 0 Å². The number of piperazine rings is 1. The molecule has 0 radical (unpaired) electrons. The number of carbonyl (C=O) groups is 2. The van der Waals surface area contributed by atoms with Crippen molar-refractivity contribution in [3.05, 3.63) is 23.8 Å². The van der Waals surface area contributed by atoms with E-state index >= 15 is 0 Å². The number of morpholine rings is 1. The lowest BCUT2D eigenvalue weighted by Gasteiger charge is -2.38. The van der Waals surface area contributed by atoms with Gasteiger partial charge in [-0.1, -0.05) is 0 Å². The third-order valence-corrected chi connectivity index (χ3v) is 5.00. The highest BCUT2D eigenvalue weighted by molar-refractivity contribution is 5.98. The average Bonchev–Trinajstić information content (AvgIpc) is 2.73. The van der Waals surface area contributed by atoms with Gasteiger partial charge in [-0.3, -0.25) is 9.69 Å². The predicted molar refractivity (Wildman–Crippen MR) is 99.7 cm³/mol. The van der Waals surface area contributed by atoms with Crippen LogP contribution >= 0.6 is 0 Å². The Balaban J connectivity index is 1.51. The molecule has 8 heteroatoms. The quantitative estimate of drug-likeness (QED) is 0.712. The zero-order valence-corrected chi connectivity index (χ0v) is 16.0. The molecular formula is C19H27N3O5. The SMILES string of the molecule is COc1ccc(C(=O)CN2CCN(C(=O)N3CCOCC3)CC2)cc1OC. The van der Waals surface area contributed by atoms with Crippen LogP contribution in [0.1, 0.15) is 10.4 Å². The van der Waals surface area contributed by atoms with Crippen LogP contribution in [-0.2, 0) is 4.74 Å². The molecule has 0 unspecified atom stereocenters. The topological polar surface area (TPSA) is 71.6 Å². The number of amides is 2. The molecule has 0 atom stereocenters. The van der Waals surface area contributed by atoms with Crippen molar-refractivity contribution in [2.45, 2.75) is 0 Å². The van der Waals surface area contributed by atoms with Gasteiger partial charge >= 0.3 is 6.03 Å². The molecule has 0 saturated carbocycles. The largest absolute Gasteiger partial charge is 0.493 e. The van der Waals surface area contributed by atoms with E-state index in [1.54, 1.807) is 32.4 Å². The third kappa shape index (κ3) is 4.70. The van der Waals surface area contributed by atoms with Crippen LogP contribution in [0.4, 0.5) is 4.79 Å². The number of hydrogen-bond acceptors (Lipinski definition) is 6. The molecule has 148 valence electrons. The molecule has 1 aromatic rings. The van der Waals surface area contributed by atoms with Crippen molar-refractivity contribution >= 4 is 11.8 Å². The van der Waals surface area contributed by atoms with Crippen molar-refractivity contribution < 1.29 is 23.8 Å². The number of benzene rings is 1. The number of ketones is 1. The van der Waals surface area contributed by atoms with Crippen molar-refractivity contribution in [2.75, 3.05) is 73.2 Å². The van der Waals surface area contributed by atoms with Gasteiger partial charge in [0.2, 0.25) is 0 Å². The number of carbonyl (C=O) groups excluding carboxylic acids is 2. The number of nitrogens with zero attached hydrogens (tertiary/aromatic N) is 3. The van der Waals surface area contributed by atoms with Crippen LogP contribution in [0.3, 0.4) is 0 Å². The highest BCUT2D eigenvalue weighted by Crippen LogP contribution is 2.27. The molecule has 27 heavy (non-hydrogen) atoms. The van der Waals surface area contributed by atoms with Gasteiger partial charge in [0.05, 0.1) is 34.0 Å². The Morgan fingerprint density at radius 1 is 0.926 bits per heavy atom. The Morgan fingerprint density at radius 2 is 1.56 bits per heavy atom. The lowest BCUT2D eigenvalue weighted by Crippen LogP contribution is -2.55. The molecule has 2 aliphatic rings. The molecule has 3 rings (SSSR count). The second-order valence-electron chi connectivity index (χ2n) is 6.64. The first-order valence-corrected chi connectivity index (χ1v) is 9.21. The molecule has 2 heterocycles. The van der Waals surface area contributed by atoms with Gasteiger partial charge in [-0.05, 0) is 18.2 Å². The molecule has 0 aromatic heterocycles. The standard InChI is InChI=1S/C19H27N3O5/c1-25-17-4-3-15(13-18(17)26-2)16(23)14-20-5-7-21(8-6-20)19(24)22-9-11-27-12-10-22/h3-4,13H,5-12,14H2,1-2H3. The second-order valence-corrected chi connectivity index (χ2v) is 6.64. The van der Waals surface area contributed by atoms with Gasteiger partial charge in [0, 0.05) is 44.8 Å². The number of rotatable bonds is 5. The smallest absolute Gasteiger partial charge is 0.320 e. The Labute approximate surface area is 159 Å². The summed E-state index contributed by atoms with van der Waals surface area (Å²) in [6.45, 7) is 5.48. The van der Waals surface area contributed by atoms with Crippen LogP contribution in [0.2, 0.25) is 0 Å². The normalized spacial score (nSPS) is 18.3. The maximum atomic E-state index is 12.6. The maximum Gasteiger partial charge on any atom is 0.320 e. The summed E-state index contributed by atoms with van der Waals surface area (Å²) < 4.78 is 15.8. The summed E-state index contributed by atoms with van der Waals surface area (Å²) >= 11 is 0. The number of methoxy groups -OCH3 is 2. The fourth-order valence-corrected chi connectivity index (χ4v) is 3.36. The van der Waals surface area contributed by atoms with Gasteiger partial charge in [-0.2, -0.15) is 0 Å². The minimum Gasteiger partial charge on any atom is -0.493 e.